The molecule has 0 spiro atoms. The van der Waals surface area contributed by atoms with Gasteiger partial charge in [-0.1, -0.05) is 24.3 Å². The smallest absolute Gasteiger partial charge is 0.295 e. The van der Waals surface area contributed by atoms with Gasteiger partial charge in [0.15, 0.2) is 0 Å². The number of aryl methyl sites for hydroxylation is 1. The van der Waals surface area contributed by atoms with E-state index in [0.29, 0.717) is 56.1 Å². The van der Waals surface area contributed by atoms with Crippen LogP contribution in [0.3, 0.4) is 0 Å². The molecule has 15 N–H and O–H groups in total. The summed E-state index contributed by atoms with van der Waals surface area (Å²) in [4.78, 5) is 25.9. The Morgan fingerprint density at radius 1 is 0.508 bits per heavy atom. The van der Waals surface area contributed by atoms with E-state index in [0.717, 1.165) is 11.1 Å². The molecule has 0 unspecified atom stereocenters. The van der Waals surface area contributed by atoms with Crippen LogP contribution in [-0.2, 0) is 30.2 Å². The van der Waals surface area contributed by atoms with E-state index in [-0.39, 0.29) is 56.7 Å². The van der Waals surface area contributed by atoms with Crippen LogP contribution in [0.1, 0.15) is 29.5 Å². The van der Waals surface area contributed by atoms with Gasteiger partial charge in [0.1, 0.15) is 4.90 Å². The molecule has 0 aliphatic carbocycles. The first-order chi connectivity index (χ1) is 30.9. The van der Waals surface area contributed by atoms with Crippen molar-refractivity contribution >= 4 is 101 Å². The number of benzene rings is 4. The number of anilines is 10. The van der Waals surface area contributed by atoms with Crippen LogP contribution in [0.5, 0.6) is 0 Å². The van der Waals surface area contributed by atoms with Crippen molar-refractivity contribution in [1.29, 1.82) is 0 Å². The molecule has 6 rings (SSSR count). The summed E-state index contributed by atoms with van der Waals surface area (Å²) in [6, 6.07) is 21.1. The lowest BCUT2D eigenvalue weighted by Gasteiger charge is -2.13. The number of rotatable bonds is 21. The van der Waals surface area contributed by atoms with E-state index >= 15 is 0 Å². The lowest BCUT2D eigenvalue weighted by molar-refractivity contribution is 0.483. The molecule has 0 aliphatic rings. The third kappa shape index (κ3) is 13.8. The standard InChI is InChI=1S/C39H46N16O7S3/c1-24-22-29(48-38-52-34(44-20-2-18-40)50-36(54-38)46-27-10-14-31(15-11-27)63(42,56)57)8-6-25(24)4-5-26-7-9-30(23-33(26)65(60,61)62)49-39-53-35(45-21-3-19-41)51-37(55-39)47-28-12-16-32(17-13-28)64(43,58)59/h4-17,22-23H,2-3,18-21,40-41H2,1H3,(H2,42,56,57)(H2,43,58,59)(H,60,61,62)(H3,44,46,48,50,52,54)(H3,45,47,49,51,53,55)/b5-4+. The highest BCUT2D eigenvalue weighted by molar-refractivity contribution is 7.89. The van der Waals surface area contributed by atoms with Crippen LogP contribution in [-0.4, -0.2) is 85.9 Å². The molecule has 2 heterocycles. The van der Waals surface area contributed by atoms with E-state index < -0.39 is 35.1 Å². The van der Waals surface area contributed by atoms with Crippen LogP contribution < -0.4 is 53.6 Å². The second kappa shape index (κ2) is 20.7. The molecular weight excluding hydrogens is 901 g/mol. The average molecular weight is 947 g/mol. The van der Waals surface area contributed by atoms with E-state index in [4.69, 9.17) is 21.7 Å². The lowest BCUT2D eigenvalue weighted by Crippen LogP contribution is -2.13. The van der Waals surface area contributed by atoms with Crippen molar-refractivity contribution < 1.29 is 29.8 Å². The molecule has 342 valence electrons. The monoisotopic (exact) mass is 946 g/mol. The van der Waals surface area contributed by atoms with E-state index in [1.807, 2.05) is 13.0 Å². The topological polar surface area (TPSA) is 376 Å². The van der Waals surface area contributed by atoms with Gasteiger partial charge in [0.2, 0.25) is 55.7 Å². The highest BCUT2D eigenvalue weighted by Crippen LogP contribution is 2.28. The summed E-state index contributed by atoms with van der Waals surface area (Å²) in [7, 11) is -12.5. The molecule has 0 saturated carbocycles. The number of aromatic nitrogens is 6. The van der Waals surface area contributed by atoms with Crippen molar-refractivity contribution in [2.45, 2.75) is 34.5 Å². The summed E-state index contributed by atoms with van der Waals surface area (Å²) >= 11 is 0. The van der Waals surface area contributed by atoms with E-state index in [1.165, 1.54) is 60.7 Å². The predicted molar refractivity (Wildman–Crippen MR) is 249 cm³/mol. The van der Waals surface area contributed by atoms with Gasteiger partial charge in [0, 0.05) is 35.8 Å². The van der Waals surface area contributed by atoms with Crippen molar-refractivity contribution in [2.75, 3.05) is 58.1 Å². The number of hydrogen-bond acceptors (Lipinski definition) is 20. The number of hydrogen-bond donors (Lipinski definition) is 11. The summed E-state index contributed by atoms with van der Waals surface area (Å²) in [5.74, 6) is 0.844. The van der Waals surface area contributed by atoms with Gasteiger partial charge in [0.25, 0.3) is 10.1 Å². The Labute approximate surface area is 374 Å². The molecule has 0 fully saturated rings. The minimum absolute atomic E-state index is 0.00804. The Balaban J connectivity index is 1.20. The highest BCUT2D eigenvalue weighted by atomic mass is 32.2. The number of nitrogens with one attached hydrogen (secondary N) is 6. The summed E-state index contributed by atoms with van der Waals surface area (Å²) in [5, 5.41) is 28.7. The van der Waals surface area contributed by atoms with Crippen LogP contribution in [0.25, 0.3) is 12.2 Å². The van der Waals surface area contributed by atoms with Crippen molar-refractivity contribution in [3.63, 3.8) is 0 Å². The van der Waals surface area contributed by atoms with Gasteiger partial charge in [-0.2, -0.15) is 38.3 Å². The lowest BCUT2D eigenvalue weighted by atomic mass is 10.1. The van der Waals surface area contributed by atoms with Crippen molar-refractivity contribution in [2.24, 2.45) is 21.7 Å². The van der Waals surface area contributed by atoms with Gasteiger partial charge in [0.05, 0.1) is 9.79 Å². The fraction of sp³-hybridized carbons (Fsp3) is 0.179. The number of nitrogens with two attached hydrogens (primary N) is 4. The molecule has 23 nitrogen and oxygen atoms in total. The fourth-order valence-corrected chi connectivity index (χ4v) is 7.54. The fourth-order valence-electron chi connectivity index (χ4n) is 5.80. The van der Waals surface area contributed by atoms with E-state index in [1.54, 1.807) is 30.4 Å². The Morgan fingerprint density at radius 3 is 1.25 bits per heavy atom. The summed E-state index contributed by atoms with van der Waals surface area (Å²) in [6.07, 6.45) is 4.52. The first-order valence-electron chi connectivity index (χ1n) is 19.5. The Kier molecular flexibility index (Phi) is 15.2. The Bertz CT molecular complexity index is 3020. The van der Waals surface area contributed by atoms with Gasteiger partial charge < -0.3 is 43.4 Å². The molecule has 0 saturated heterocycles. The van der Waals surface area contributed by atoms with Gasteiger partial charge in [-0.05, 0) is 122 Å². The zero-order valence-corrected chi connectivity index (χ0v) is 37.0. The van der Waals surface area contributed by atoms with Crippen LogP contribution in [0.15, 0.2) is 99.6 Å². The molecule has 65 heavy (non-hydrogen) atoms. The highest BCUT2D eigenvalue weighted by Gasteiger charge is 2.17. The van der Waals surface area contributed by atoms with Crippen molar-refractivity contribution in [3.8, 4) is 0 Å². The minimum atomic E-state index is -4.74. The molecule has 0 bridgehead atoms. The quantitative estimate of drug-likeness (QED) is 0.0279. The molecule has 0 aliphatic heterocycles. The maximum Gasteiger partial charge on any atom is 0.295 e. The predicted octanol–water partition coefficient (Wildman–Crippen LogP) is 3.57. The number of sulfonamides is 2. The Morgan fingerprint density at radius 2 is 0.862 bits per heavy atom. The second-order valence-corrected chi connectivity index (χ2v) is 18.5. The van der Waals surface area contributed by atoms with Gasteiger partial charge in [-0.15, -0.1) is 0 Å². The average Bonchev–Trinajstić information content (AvgIpc) is 3.23. The molecule has 26 heteroatoms. The van der Waals surface area contributed by atoms with Crippen molar-refractivity contribution in [1.82, 2.24) is 29.9 Å². The van der Waals surface area contributed by atoms with Crippen LogP contribution in [0, 0.1) is 6.92 Å². The van der Waals surface area contributed by atoms with E-state index in [9.17, 15) is 29.8 Å². The largest absolute Gasteiger partial charge is 0.354 e. The van der Waals surface area contributed by atoms with Crippen LogP contribution >= 0.6 is 0 Å². The molecule has 0 radical (unpaired) electrons. The molecule has 0 amide bonds. The van der Waals surface area contributed by atoms with E-state index in [2.05, 4.69) is 61.8 Å². The third-order valence-electron chi connectivity index (χ3n) is 8.99. The molecule has 4 aromatic carbocycles. The molecular formula is C39H46N16O7S3. The van der Waals surface area contributed by atoms with Gasteiger partial charge >= 0.3 is 0 Å². The normalized spacial score (nSPS) is 11.9. The SMILES string of the molecule is Cc1cc(Nc2nc(NCCCN)nc(Nc3ccc(S(N)(=O)=O)cc3)n2)ccc1/C=C/c1ccc(Nc2nc(NCCCN)nc(Nc3ccc(S(N)(=O)=O)cc3)n2)cc1S(=O)(=O)O. The third-order valence-corrected chi connectivity index (χ3v) is 11.8. The minimum Gasteiger partial charge on any atom is -0.354 e. The summed E-state index contributed by atoms with van der Waals surface area (Å²) in [5.41, 5.74) is 14.8. The summed E-state index contributed by atoms with van der Waals surface area (Å²) in [6.45, 7) is 3.65. The van der Waals surface area contributed by atoms with Crippen LogP contribution in [0.2, 0.25) is 0 Å². The molecule has 0 atom stereocenters. The summed E-state index contributed by atoms with van der Waals surface area (Å²) < 4.78 is 82.4. The first-order valence-corrected chi connectivity index (χ1v) is 24.0. The zero-order valence-electron chi connectivity index (χ0n) is 34.6. The second-order valence-electron chi connectivity index (χ2n) is 14.0. The maximum absolute atomic E-state index is 12.7. The zero-order chi connectivity index (χ0) is 46.8. The van der Waals surface area contributed by atoms with Crippen LogP contribution in [0.4, 0.5) is 58.4 Å². The molecule has 2 aromatic heterocycles. The van der Waals surface area contributed by atoms with Gasteiger partial charge in [-0.3, -0.25) is 4.55 Å². The number of primary sulfonamides is 2. The first kappa shape index (κ1) is 47.6. The molecule has 6 aromatic rings. The Hall–Kier alpha value is -6.91. The maximum atomic E-state index is 12.7. The van der Waals surface area contributed by atoms with Gasteiger partial charge in [-0.25, -0.2) is 27.1 Å². The number of nitrogens with zero attached hydrogens (tertiary/aromatic N) is 6. The van der Waals surface area contributed by atoms with Crippen molar-refractivity contribution in [3.05, 3.63) is 102 Å².